The quantitative estimate of drug-likeness (QED) is 0.340. The third-order valence-corrected chi connectivity index (χ3v) is 6.86. The van der Waals surface area contributed by atoms with Crippen LogP contribution in [0.5, 0.6) is 11.6 Å². The third kappa shape index (κ3) is 6.28. The molecular weight excluding hydrogens is 462 g/mol. The van der Waals surface area contributed by atoms with Crippen LogP contribution in [0.25, 0.3) is 10.9 Å². The molecule has 37 heavy (non-hydrogen) atoms. The van der Waals surface area contributed by atoms with Crippen LogP contribution in [-0.4, -0.2) is 71.9 Å². The van der Waals surface area contributed by atoms with Gasteiger partial charge in [-0.3, -0.25) is 9.80 Å². The molecule has 0 aliphatic carbocycles. The van der Waals surface area contributed by atoms with Crippen LogP contribution in [0.15, 0.2) is 91.0 Å². The largest absolute Gasteiger partial charge is 0.490 e. The van der Waals surface area contributed by atoms with E-state index in [0.29, 0.717) is 19.0 Å². The maximum atomic E-state index is 10.8. The fraction of sp³-hybridized carbons (Fsp3) is 0.323. The highest BCUT2D eigenvalue weighted by Gasteiger charge is 2.27. The number of ether oxygens (including phenoxy) is 2. The summed E-state index contributed by atoms with van der Waals surface area (Å²) in [6, 6.07) is 31.3. The Balaban J connectivity index is 1.17. The number of hydrogen-bond donors (Lipinski definition) is 1. The number of nitrogens with zero attached hydrogens (tertiary/aromatic N) is 3. The number of fused-ring (bicyclic) bond motifs is 1. The zero-order chi connectivity index (χ0) is 25.5. The summed E-state index contributed by atoms with van der Waals surface area (Å²) in [5, 5.41) is 11.7. The number of aliphatic hydroxyl groups excluding tert-OH is 1. The van der Waals surface area contributed by atoms with Crippen molar-refractivity contribution in [3.8, 4) is 11.6 Å². The van der Waals surface area contributed by atoms with Crippen molar-refractivity contribution < 1.29 is 14.6 Å². The molecule has 0 spiro atoms. The number of piperazine rings is 1. The highest BCUT2D eigenvalue weighted by atomic mass is 16.5. The maximum Gasteiger partial charge on any atom is 0.213 e. The third-order valence-electron chi connectivity index (χ3n) is 6.86. The molecule has 1 aliphatic heterocycles. The van der Waals surface area contributed by atoms with E-state index in [9.17, 15) is 5.11 Å². The van der Waals surface area contributed by atoms with Crippen molar-refractivity contribution >= 4 is 10.9 Å². The van der Waals surface area contributed by atoms with Gasteiger partial charge in [-0.15, -0.1) is 0 Å². The summed E-state index contributed by atoms with van der Waals surface area (Å²) in [5.74, 6) is 1.33. The lowest BCUT2D eigenvalue weighted by molar-refractivity contribution is 0.0404. The average Bonchev–Trinajstić information content (AvgIpc) is 2.94. The molecule has 1 saturated heterocycles. The predicted molar refractivity (Wildman–Crippen MR) is 147 cm³/mol. The van der Waals surface area contributed by atoms with Crippen molar-refractivity contribution in [2.24, 2.45) is 0 Å². The van der Waals surface area contributed by atoms with Gasteiger partial charge in [0.05, 0.1) is 18.2 Å². The molecule has 0 amide bonds. The van der Waals surface area contributed by atoms with Gasteiger partial charge < -0.3 is 14.6 Å². The van der Waals surface area contributed by atoms with E-state index in [0.717, 1.165) is 42.8 Å². The summed E-state index contributed by atoms with van der Waals surface area (Å²) in [6.45, 7) is 7.05. The van der Waals surface area contributed by atoms with Crippen molar-refractivity contribution in [1.82, 2.24) is 14.8 Å². The maximum absolute atomic E-state index is 10.8. The Morgan fingerprint density at radius 3 is 2.11 bits per heavy atom. The van der Waals surface area contributed by atoms with E-state index < -0.39 is 6.10 Å². The summed E-state index contributed by atoms with van der Waals surface area (Å²) in [7, 11) is 0. The van der Waals surface area contributed by atoms with Crippen LogP contribution in [0.2, 0.25) is 0 Å². The molecule has 0 saturated carbocycles. The SMILES string of the molecule is CCOc1ccc2c(OCC(O)CN3CCN(C(c4ccccc4)c4ccccc4)CC3)cccc2n1. The molecule has 1 fully saturated rings. The Morgan fingerprint density at radius 1 is 0.784 bits per heavy atom. The molecule has 1 atom stereocenters. The van der Waals surface area contributed by atoms with E-state index in [1.807, 2.05) is 37.3 Å². The Morgan fingerprint density at radius 2 is 1.46 bits per heavy atom. The Bertz CT molecular complexity index is 1220. The number of aliphatic hydroxyl groups is 1. The van der Waals surface area contributed by atoms with E-state index in [2.05, 4.69) is 75.4 Å². The average molecular weight is 498 g/mol. The first kappa shape index (κ1) is 25.2. The van der Waals surface area contributed by atoms with Gasteiger partial charge in [0.2, 0.25) is 5.88 Å². The van der Waals surface area contributed by atoms with Crippen LogP contribution in [-0.2, 0) is 0 Å². The molecule has 5 rings (SSSR count). The number of benzene rings is 3. The molecule has 1 aromatic heterocycles. The van der Waals surface area contributed by atoms with Gasteiger partial charge in [-0.05, 0) is 36.2 Å². The predicted octanol–water partition coefficient (Wildman–Crippen LogP) is 4.78. The minimum absolute atomic E-state index is 0.237. The van der Waals surface area contributed by atoms with Crippen LogP contribution in [0, 0.1) is 0 Å². The molecule has 4 aromatic rings. The molecule has 1 N–H and O–H groups in total. The van der Waals surface area contributed by atoms with Crippen molar-refractivity contribution in [1.29, 1.82) is 0 Å². The molecule has 1 aliphatic rings. The van der Waals surface area contributed by atoms with Crippen LogP contribution in [0.4, 0.5) is 0 Å². The lowest BCUT2D eigenvalue weighted by Crippen LogP contribution is -2.50. The smallest absolute Gasteiger partial charge is 0.213 e. The number of pyridine rings is 1. The molecule has 6 heteroatoms. The van der Waals surface area contributed by atoms with Gasteiger partial charge in [-0.1, -0.05) is 66.7 Å². The van der Waals surface area contributed by atoms with E-state index in [1.165, 1.54) is 11.1 Å². The van der Waals surface area contributed by atoms with Gasteiger partial charge >= 0.3 is 0 Å². The second kappa shape index (κ2) is 12.2. The van der Waals surface area contributed by atoms with Crippen molar-refractivity contribution in [2.45, 2.75) is 19.1 Å². The van der Waals surface area contributed by atoms with Crippen molar-refractivity contribution in [2.75, 3.05) is 45.9 Å². The molecule has 2 heterocycles. The standard InChI is InChI=1S/C31H35N3O3/c1-2-36-30-17-16-27-28(32-30)14-9-15-29(27)37-23-26(35)22-33-18-20-34(21-19-33)31(24-10-5-3-6-11-24)25-12-7-4-8-13-25/h3-17,26,31,35H,2,18-23H2,1H3. The van der Waals surface area contributed by atoms with Crippen LogP contribution in [0.1, 0.15) is 24.1 Å². The van der Waals surface area contributed by atoms with Gasteiger partial charge in [0, 0.05) is 44.2 Å². The Kier molecular flexibility index (Phi) is 8.31. The highest BCUT2D eigenvalue weighted by molar-refractivity contribution is 5.85. The second-order valence-corrected chi connectivity index (χ2v) is 9.43. The highest BCUT2D eigenvalue weighted by Crippen LogP contribution is 2.30. The summed E-state index contributed by atoms with van der Waals surface area (Å²) in [4.78, 5) is 9.41. The number of hydrogen-bond acceptors (Lipinski definition) is 6. The second-order valence-electron chi connectivity index (χ2n) is 9.43. The van der Waals surface area contributed by atoms with Crippen LogP contribution < -0.4 is 9.47 Å². The normalized spacial score (nSPS) is 15.6. The topological polar surface area (TPSA) is 58.1 Å². The first-order valence-electron chi connectivity index (χ1n) is 13.1. The van der Waals surface area contributed by atoms with Gasteiger partial charge in [0.1, 0.15) is 18.5 Å². The summed E-state index contributed by atoms with van der Waals surface area (Å²) >= 11 is 0. The van der Waals surface area contributed by atoms with Crippen molar-refractivity contribution in [3.63, 3.8) is 0 Å². The number of rotatable bonds is 10. The fourth-order valence-corrected chi connectivity index (χ4v) is 5.09. The zero-order valence-corrected chi connectivity index (χ0v) is 21.4. The van der Waals surface area contributed by atoms with Crippen LogP contribution >= 0.6 is 0 Å². The van der Waals surface area contributed by atoms with Crippen molar-refractivity contribution in [3.05, 3.63) is 102 Å². The fourth-order valence-electron chi connectivity index (χ4n) is 5.09. The lowest BCUT2D eigenvalue weighted by atomic mass is 9.96. The van der Waals surface area contributed by atoms with E-state index in [1.54, 1.807) is 0 Å². The van der Waals surface area contributed by atoms with E-state index in [-0.39, 0.29) is 12.6 Å². The molecule has 1 unspecified atom stereocenters. The Hall–Kier alpha value is -3.45. The molecule has 0 bridgehead atoms. The number of β-amino-alcohol motifs (C(OH)–C–C–N with tert-alkyl or cyclic N) is 1. The molecule has 192 valence electrons. The Labute approximate surface area is 219 Å². The lowest BCUT2D eigenvalue weighted by Gasteiger charge is -2.40. The van der Waals surface area contributed by atoms with Gasteiger partial charge in [0.25, 0.3) is 0 Å². The number of aromatic nitrogens is 1. The molecular formula is C31H35N3O3. The van der Waals surface area contributed by atoms with Gasteiger partial charge in [0.15, 0.2) is 0 Å². The molecule has 0 radical (unpaired) electrons. The summed E-state index contributed by atoms with van der Waals surface area (Å²) in [5.41, 5.74) is 3.45. The van der Waals surface area contributed by atoms with Gasteiger partial charge in [-0.25, -0.2) is 4.98 Å². The molecule has 3 aromatic carbocycles. The zero-order valence-electron chi connectivity index (χ0n) is 21.4. The monoisotopic (exact) mass is 497 g/mol. The summed E-state index contributed by atoms with van der Waals surface area (Å²) in [6.07, 6.45) is -0.573. The van der Waals surface area contributed by atoms with Gasteiger partial charge in [-0.2, -0.15) is 0 Å². The summed E-state index contributed by atoms with van der Waals surface area (Å²) < 4.78 is 11.5. The first-order valence-corrected chi connectivity index (χ1v) is 13.1. The minimum atomic E-state index is -0.573. The first-order chi connectivity index (χ1) is 18.2. The minimum Gasteiger partial charge on any atom is -0.490 e. The molecule has 6 nitrogen and oxygen atoms in total. The van der Waals surface area contributed by atoms with Crippen LogP contribution in [0.3, 0.4) is 0 Å². The van der Waals surface area contributed by atoms with E-state index in [4.69, 9.17) is 9.47 Å². The van der Waals surface area contributed by atoms with E-state index >= 15 is 0 Å².